The molecule has 0 saturated carbocycles. The number of nitrogens with two attached hydrogens (primary N) is 1. The predicted molar refractivity (Wildman–Crippen MR) is 146 cm³/mol. The molecule has 3 aliphatic heterocycles. The van der Waals surface area contributed by atoms with Crippen LogP contribution in [0.15, 0.2) is 0 Å². The fourth-order valence-corrected chi connectivity index (χ4v) is 6.18. The van der Waals surface area contributed by atoms with Crippen LogP contribution < -0.4 is 11.1 Å². The number of hydrogen-bond donors (Lipinski definition) is 8. The molecule has 0 aromatic heterocycles. The van der Waals surface area contributed by atoms with Crippen LogP contribution in [-0.4, -0.2) is 155 Å². The number of rotatable bonds is 13. The molecule has 17 nitrogen and oxygen atoms in total. The van der Waals surface area contributed by atoms with Crippen LogP contribution >= 0.6 is 0 Å². The van der Waals surface area contributed by atoms with Gasteiger partial charge in [-0.15, -0.1) is 0 Å². The number of nitrogens with one attached hydrogen (secondary N) is 1. The van der Waals surface area contributed by atoms with Crippen LogP contribution in [-0.2, 0) is 42.8 Å². The maximum Gasteiger partial charge on any atom is 0.335 e. The van der Waals surface area contributed by atoms with Gasteiger partial charge in [-0.05, 0) is 19.3 Å². The maximum atomic E-state index is 12.1. The van der Waals surface area contributed by atoms with Gasteiger partial charge in [-0.2, -0.15) is 0 Å². The Hall–Kier alpha value is -2.03. The van der Waals surface area contributed by atoms with Gasteiger partial charge in [-0.1, -0.05) is 6.92 Å². The van der Waals surface area contributed by atoms with E-state index in [4.69, 9.17) is 34.2 Å². The Labute approximate surface area is 254 Å². The smallest absolute Gasteiger partial charge is 0.335 e. The second kappa shape index (κ2) is 16.0. The van der Waals surface area contributed by atoms with Crippen molar-refractivity contribution in [2.75, 3.05) is 33.5 Å². The molecule has 0 aromatic carbocycles. The minimum Gasteiger partial charge on any atom is -0.479 e. The summed E-state index contributed by atoms with van der Waals surface area (Å²) in [4.78, 5) is 35.4. The molecule has 0 aromatic rings. The van der Waals surface area contributed by atoms with Crippen molar-refractivity contribution in [3.63, 3.8) is 0 Å². The first-order valence-electron chi connectivity index (χ1n) is 14.6. The van der Waals surface area contributed by atoms with E-state index in [1.807, 2.05) is 13.8 Å². The first-order chi connectivity index (χ1) is 20.7. The van der Waals surface area contributed by atoms with E-state index in [0.717, 1.165) is 0 Å². The molecule has 0 bridgehead atoms. The molecule has 44 heavy (non-hydrogen) atoms. The predicted octanol–water partition coefficient (Wildman–Crippen LogP) is -3.35. The average molecular weight is 639 g/mol. The van der Waals surface area contributed by atoms with Gasteiger partial charge in [0.2, 0.25) is 5.91 Å². The number of methoxy groups -OCH3 is 1. The van der Waals surface area contributed by atoms with Gasteiger partial charge in [0.25, 0.3) is 0 Å². The van der Waals surface area contributed by atoms with E-state index >= 15 is 0 Å². The second-order valence-corrected chi connectivity index (χ2v) is 11.6. The van der Waals surface area contributed by atoms with Crippen molar-refractivity contribution in [2.45, 2.75) is 101 Å². The zero-order chi connectivity index (χ0) is 32.9. The number of hydrogen-bond acceptors (Lipinski definition) is 14. The minimum absolute atomic E-state index is 0.0632. The van der Waals surface area contributed by atoms with E-state index < -0.39 is 98.2 Å². The van der Waals surface area contributed by atoms with Crippen LogP contribution in [0.4, 0.5) is 0 Å². The number of aliphatic hydroxyl groups excluding tert-OH is 4. The quantitative estimate of drug-likeness (QED) is 0.0979. The zero-order valence-electron chi connectivity index (χ0n) is 25.1. The number of carboxylic acid groups (broad SMARTS) is 2. The summed E-state index contributed by atoms with van der Waals surface area (Å²) < 4.78 is 32.9. The van der Waals surface area contributed by atoms with Crippen molar-refractivity contribution in [1.82, 2.24) is 5.32 Å². The summed E-state index contributed by atoms with van der Waals surface area (Å²) in [5.41, 5.74) is 6.30. The fourth-order valence-electron chi connectivity index (χ4n) is 6.18. The Morgan fingerprint density at radius 3 is 1.91 bits per heavy atom. The Balaban J connectivity index is 1.61. The maximum absolute atomic E-state index is 12.1. The SMILES string of the molecule is CCC1C(N)C(C)OC(COCC2C(C(=O)O)OC(COCC3C(O)C(OC)OC(C(=O)O)C3O)C(O)C2O)C1NC(C)=O. The monoisotopic (exact) mass is 638 g/mol. The van der Waals surface area contributed by atoms with Crippen molar-refractivity contribution < 1.29 is 73.4 Å². The summed E-state index contributed by atoms with van der Waals surface area (Å²) in [6.07, 6.45) is -12.6. The largest absolute Gasteiger partial charge is 0.479 e. The molecule has 0 radical (unpaired) electrons. The number of carbonyl (C=O) groups is 3. The Kier molecular flexibility index (Phi) is 13.2. The summed E-state index contributed by atoms with van der Waals surface area (Å²) in [5.74, 6) is -5.65. The molecule has 254 valence electrons. The van der Waals surface area contributed by atoms with Crippen LogP contribution in [0, 0.1) is 17.8 Å². The Morgan fingerprint density at radius 1 is 0.773 bits per heavy atom. The van der Waals surface area contributed by atoms with Gasteiger partial charge in [0, 0.05) is 31.9 Å². The molecule has 3 aliphatic rings. The molecule has 17 heteroatoms. The lowest BCUT2D eigenvalue weighted by atomic mass is 9.81. The number of amides is 1. The van der Waals surface area contributed by atoms with Crippen LogP contribution in [0.3, 0.4) is 0 Å². The van der Waals surface area contributed by atoms with Gasteiger partial charge in [0.15, 0.2) is 18.5 Å². The van der Waals surface area contributed by atoms with E-state index in [2.05, 4.69) is 5.32 Å². The average Bonchev–Trinajstić information content (AvgIpc) is 2.95. The van der Waals surface area contributed by atoms with E-state index in [-0.39, 0.29) is 37.2 Å². The lowest BCUT2D eigenvalue weighted by molar-refractivity contribution is -0.282. The molecule has 0 aliphatic carbocycles. The molecule has 3 fully saturated rings. The van der Waals surface area contributed by atoms with Crippen molar-refractivity contribution in [2.24, 2.45) is 23.5 Å². The molecule has 15 unspecified atom stereocenters. The minimum atomic E-state index is -1.70. The van der Waals surface area contributed by atoms with Crippen molar-refractivity contribution in [1.29, 1.82) is 0 Å². The van der Waals surface area contributed by atoms with Crippen molar-refractivity contribution >= 4 is 17.8 Å². The molecule has 0 spiro atoms. The van der Waals surface area contributed by atoms with E-state index in [1.165, 1.54) is 14.0 Å². The summed E-state index contributed by atoms with van der Waals surface area (Å²) in [6.45, 7) is 3.84. The third-order valence-electron chi connectivity index (χ3n) is 8.66. The number of carboxylic acids is 2. The fraction of sp³-hybridized carbons (Fsp3) is 0.889. The lowest BCUT2D eigenvalue weighted by Gasteiger charge is -2.45. The number of ether oxygens (including phenoxy) is 6. The van der Waals surface area contributed by atoms with Crippen molar-refractivity contribution in [3.8, 4) is 0 Å². The van der Waals surface area contributed by atoms with Gasteiger partial charge in [0.05, 0.1) is 50.8 Å². The highest BCUT2D eigenvalue weighted by Crippen LogP contribution is 2.31. The normalized spacial score (nSPS) is 42.9. The molecule has 3 saturated heterocycles. The molecule has 3 rings (SSSR count). The topological polar surface area (TPSA) is 266 Å². The second-order valence-electron chi connectivity index (χ2n) is 11.6. The van der Waals surface area contributed by atoms with Crippen LogP contribution in [0.5, 0.6) is 0 Å². The first-order valence-corrected chi connectivity index (χ1v) is 14.6. The lowest BCUT2D eigenvalue weighted by Crippen LogP contribution is -2.63. The molecule has 9 N–H and O–H groups in total. The highest BCUT2D eigenvalue weighted by atomic mass is 16.7. The van der Waals surface area contributed by atoms with Crippen LogP contribution in [0.25, 0.3) is 0 Å². The molecule has 1 amide bonds. The van der Waals surface area contributed by atoms with Gasteiger partial charge in [-0.25, -0.2) is 9.59 Å². The zero-order valence-corrected chi connectivity index (χ0v) is 25.1. The van der Waals surface area contributed by atoms with Gasteiger partial charge in [-0.3, -0.25) is 4.79 Å². The first kappa shape index (κ1) is 36.4. The molecular weight excluding hydrogens is 592 g/mol. The summed E-state index contributed by atoms with van der Waals surface area (Å²) in [6, 6.07) is -0.790. The molecular formula is C27H46N2O15. The van der Waals surface area contributed by atoms with Gasteiger partial charge in [0.1, 0.15) is 24.4 Å². The number of aliphatic hydroxyl groups is 4. The molecule has 15 atom stereocenters. The Morgan fingerprint density at radius 2 is 1.36 bits per heavy atom. The van der Waals surface area contributed by atoms with E-state index in [9.17, 15) is 45.0 Å². The number of aliphatic carboxylic acids is 2. The Bertz CT molecular complexity index is 974. The summed E-state index contributed by atoms with van der Waals surface area (Å²) in [5, 5.41) is 64.5. The van der Waals surface area contributed by atoms with Gasteiger partial charge >= 0.3 is 11.9 Å². The van der Waals surface area contributed by atoms with Crippen LogP contribution in [0.1, 0.15) is 27.2 Å². The van der Waals surface area contributed by atoms with Crippen LogP contribution in [0.2, 0.25) is 0 Å². The van der Waals surface area contributed by atoms with Gasteiger partial charge < -0.3 is 70.1 Å². The highest BCUT2D eigenvalue weighted by Gasteiger charge is 2.50. The summed E-state index contributed by atoms with van der Waals surface area (Å²) >= 11 is 0. The standard InChI is InChI=1S/C27H46N2O15/c1-5-12-17(28)10(2)42-15(18(12)29-11(3)30)8-41-7-14-19(31)22(34)16(43-23(14)25(35)36)9-40-6-13-20(32)24(26(37)38)44-27(39-4)21(13)33/h10,12-24,27,31-34H,5-9,28H2,1-4H3,(H,29,30)(H,35,36)(H,37,38). The number of carbonyl (C=O) groups excluding carboxylic acids is 1. The third kappa shape index (κ3) is 8.21. The molecule has 3 heterocycles. The van der Waals surface area contributed by atoms with E-state index in [1.54, 1.807) is 0 Å². The van der Waals surface area contributed by atoms with E-state index in [0.29, 0.717) is 6.42 Å². The highest BCUT2D eigenvalue weighted by molar-refractivity contribution is 5.74. The third-order valence-corrected chi connectivity index (χ3v) is 8.66. The summed E-state index contributed by atoms with van der Waals surface area (Å²) in [7, 11) is 1.18. The van der Waals surface area contributed by atoms with Crippen molar-refractivity contribution in [3.05, 3.63) is 0 Å².